The van der Waals surface area contributed by atoms with E-state index >= 15 is 0 Å². The fourth-order valence-corrected chi connectivity index (χ4v) is 3.42. The lowest BCUT2D eigenvalue weighted by atomic mass is 10.0. The molecule has 27 heavy (non-hydrogen) atoms. The number of aryl methyl sites for hydroxylation is 2. The second-order valence-electron chi connectivity index (χ2n) is 7.36. The third kappa shape index (κ3) is 5.73. The summed E-state index contributed by atoms with van der Waals surface area (Å²) in [5, 5.41) is 2.56. The largest absolute Gasteiger partial charge is 0.0654 e. The molecule has 0 aliphatic heterocycles. The number of benzene rings is 3. The topological polar surface area (TPSA) is 0 Å². The molecule has 0 heteroatoms. The van der Waals surface area contributed by atoms with Crippen LogP contribution in [0.15, 0.2) is 60.7 Å². The van der Waals surface area contributed by atoms with Crippen LogP contribution in [0.4, 0.5) is 0 Å². The van der Waals surface area contributed by atoms with Crippen molar-refractivity contribution in [1.82, 2.24) is 0 Å². The highest BCUT2D eigenvalue weighted by atomic mass is 14.0. The van der Waals surface area contributed by atoms with E-state index in [1.165, 1.54) is 60.4 Å². The molecule has 0 radical (unpaired) electrons. The summed E-state index contributed by atoms with van der Waals surface area (Å²) >= 11 is 0. The van der Waals surface area contributed by atoms with Gasteiger partial charge in [0, 0.05) is 11.1 Å². The van der Waals surface area contributed by atoms with Crippen molar-refractivity contribution in [3.63, 3.8) is 0 Å². The third-order valence-electron chi connectivity index (χ3n) is 5.19. The predicted molar refractivity (Wildman–Crippen MR) is 118 cm³/mol. The van der Waals surface area contributed by atoms with Crippen LogP contribution in [0, 0.1) is 11.8 Å². The van der Waals surface area contributed by atoms with E-state index in [9.17, 15) is 0 Å². The molecule has 0 heterocycles. The number of unbranched alkanes of at least 4 members (excludes halogenated alkanes) is 4. The molecular weight excluding hydrogens is 324 g/mol. The first-order valence-corrected chi connectivity index (χ1v) is 10.4. The van der Waals surface area contributed by atoms with Crippen LogP contribution in [-0.4, -0.2) is 0 Å². The summed E-state index contributed by atoms with van der Waals surface area (Å²) in [5.41, 5.74) is 4.97. The van der Waals surface area contributed by atoms with Crippen LogP contribution in [0.3, 0.4) is 0 Å². The van der Waals surface area contributed by atoms with Crippen molar-refractivity contribution >= 4 is 10.8 Å². The Balaban J connectivity index is 1.62. The van der Waals surface area contributed by atoms with Crippen LogP contribution in [0.1, 0.15) is 68.2 Å². The Morgan fingerprint density at radius 1 is 0.593 bits per heavy atom. The van der Waals surface area contributed by atoms with Crippen LogP contribution in [0.25, 0.3) is 10.8 Å². The van der Waals surface area contributed by atoms with Crippen LogP contribution >= 0.6 is 0 Å². The average molecular weight is 355 g/mol. The normalized spacial score (nSPS) is 10.6. The molecule has 0 bridgehead atoms. The second-order valence-corrected chi connectivity index (χ2v) is 7.36. The zero-order chi connectivity index (χ0) is 18.9. The summed E-state index contributed by atoms with van der Waals surface area (Å²) in [5.74, 6) is 6.63. The SMILES string of the molecule is CCCCCCCc1ccc(C#Cc2ccc3cc(CC)ccc3c2)cc1. The number of rotatable bonds is 7. The molecule has 0 unspecified atom stereocenters. The Bertz CT molecular complexity index is 920. The minimum Gasteiger partial charge on any atom is -0.0654 e. The molecule has 0 saturated carbocycles. The lowest BCUT2D eigenvalue weighted by Crippen LogP contribution is -1.86. The highest BCUT2D eigenvalue weighted by Crippen LogP contribution is 2.18. The number of fused-ring (bicyclic) bond motifs is 1. The smallest absolute Gasteiger partial charge is 0.0255 e. The quantitative estimate of drug-likeness (QED) is 0.308. The van der Waals surface area contributed by atoms with E-state index in [1.54, 1.807) is 0 Å². The number of hydrogen-bond acceptors (Lipinski definition) is 0. The van der Waals surface area contributed by atoms with Gasteiger partial charge >= 0.3 is 0 Å². The molecule has 138 valence electrons. The minimum absolute atomic E-state index is 1.08. The Morgan fingerprint density at radius 3 is 2.00 bits per heavy atom. The third-order valence-corrected chi connectivity index (χ3v) is 5.19. The molecule has 0 amide bonds. The van der Waals surface area contributed by atoms with Crippen molar-refractivity contribution < 1.29 is 0 Å². The van der Waals surface area contributed by atoms with Crippen molar-refractivity contribution in [3.8, 4) is 11.8 Å². The molecule has 3 rings (SSSR count). The van der Waals surface area contributed by atoms with Gasteiger partial charge in [-0.05, 0) is 65.4 Å². The van der Waals surface area contributed by atoms with Crippen LogP contribution in [0.5, 0.6) is 0 Å². The lowest BCUT2D eigenvalue weighted by Gasteiger charge is -2.02. The van der Waals surface area contributed by atoms with Gasteiger partial charge in [-0.25, -0.2) is 0 Å². The van der Waals surface area contributed by atoms with E-state index in [-0.39, 0.29) is 0 Å². The van der Waals surface area contributed by atoms with E-state index in [2.05, 4.69) is 86.4 Å². The van der Waals surface area contributed by atoms with Gasteiger partial charge in [-0.3, -0.25) is 0 Å². The van der Waals surface area contributed by atoms with E-state index < -0.39 is 0 Å². The summed E-state index contributed by atoms with van der Waals surface area (Å²) in [4.78, 5) is 0. The Labute approximate surface area is 164 Å². The molecule has 3 aromatic rings. The highest BCUT2D eigenvalue weighted by molar-refractivity contribution is 5.84. The monoisotopic (exact) mass is 354 g/mol. The summed E-state index contributed by atoms with van der Waals surface area (Å²) in [6.07, 6.45) is 8.94. The van der Waals surface area contributed by atoms with Gasteiger partial charge in [-0.1, -0.05) is 87.8 Å². The van der Waals surface area contributed by atoms with E-state index in [4.69, 9.17) is 0 Å². The van der Waals surface area contributed by atoms with Crippen molar-refractivity contribution in [1.29, 1.82) is 0 Å². The maximum absolute atomic E-state index is 3.32. The van der Waals surface area contributed by atoms with Crippen molar-refractivity contribution in [2.45, 2.75) is 58.8 Å². The van der Waals surface area contributed by atoms with E-state index in [0.717, 1.165) is 17.5 Å². The van der Waals surface area contributed by atoms with Gasteiger partial charge in [0.2, 0.25) is 0 Å². The Morgan fingerprint density at radius 2 is 1.22 bits per heavy atom. The fourth-order valence-electron chi connectivity index (χ4n) is 3.42. The second kappa shape index (κ2) is 9.98. The van der Waals surface area contributed by atoms with E-state index in [0.29, 0.717) is 0 Å². The molecule has 0 aliphatic carbocycles. The Kier molecular flexibility index (Phi) is 7.11. The summed E-state index contributed by atoms with van der Waals surface area (Å²) in [6.45, 7) is 4.46. The molecule has 0 aliphatic rings. The van der Waals surface area contributed by atoms with Crippen LogP contribution < -0.4 is 0 Å². The average Bonchev–Trinajstić information content (AvgIpc) is 2.72. The molecule has 0 nitrogen and oxygen atoms in total. The summed E-state index contributed by atoms with van der Waals surface area (Å²) in [6, 6.07) is 22.0. The van der Waals surface area contributed by atoms with Crippen molar-refractivity contribution in [3.05, 3.63) is 82.9 Å². The van der Waals surface area contributed by atoms with Gasteiger partial charge in [0.1, 0.15) is 0 Å². The molecule has 3 aromatic carbocycles. The molecule has 0 spiro atoms. The van der Waals surface area contributed by atoms with Gasteiger partial charge in [0.25, 0.3) is 0 Å². The first-order valence-electron chi connectivity index (χ1n) is 10.4. The van der Waals surface area contributed by atoms with Crippen LogP contribution in [-0.2, 0) is 12.8 Å². The van der Waals surface area contributed by atoms with Gasteiger partial charge in [0.05, 0.1) is 0 Å². The lowest BCUT2D eigenvalue weighted by molar-refractivity contribution is 0.632. The van der Waals surface area contributed by atoms with Gasteiger partial charge in [0.15, 0.2) is 0 Å². The number of hydrogen-bond donors (Lipinski definition) is 0. The molecule has 0 N–H and O–H groups in total. The molecule has 0 aromatic heterocycles. The fraction of sp³-hybridized carbons (Fsp3) is 0.333. The standard InChI is InChI=1S/C27H30/c1-3-5-6-7-8-9-23-10-12-24(13-11-23)14-15-25-17-19-26-20-22(4-2)16-18-27(26)21-25/h10-13,16-21H,3-9H2,1-2H3. The Hall–Kier alpha value is -2.52. The van der Waals surface area contributed by atoms with Crippen LogP contribution in [0.2, 0.25) is 0 Å². The maximum atomic E-state index is 3.32. The molecule has 0 fully saturated rings. The summed E-state index contributed by atoms with van der Waals surface area (Å²) in [7, 11) is 0. The first kappa shape index (κ1) is 19.2. The van der Waals surface area contributed by atoms with Gasteiger partial charge in [-0.2, -0.15) is 0 Å². The van der Waals surface area contributed by atoms with Crippen molar-refractivity contribution in [2.24, 2.45) is 0 Å². The summed E-state index contributed by atoms with van der Waals surface area (Å²) < 4.78 is 0. The molecule has 0 atom stereocenters. The first-order chi connectivity index (χ1) is 13.3. The molecule has 0 saturated heterocycles. The zero-order valence-corrected chi connectivity index (χ0v) is 16.7. The van der Waals surface area contributed by atoms with E-state index in [1.807, 2.05) is 0 Å². The van der Waals surface area contributed by atoms with Gasteiger partial charge in [-0.15, -0.1) is 0 Å². The predicted octanol–water partition coefficient (Wildman–Crippen LogP) is 7.31. The highest BCUT2D eigenvalue weighted by Gasteiger charge is 1.97. The zero-order valence-electron chi connectivity index (χ0n) is 16.7. The maximum Gasteiger partial charge on any atom is 0.0255 e. The van der Waals surface area contributed by atoms with Crippen molar-refractivity contribution in [2.75, 3.05) is 0 Å². The molecular formula is C27H30. The minimum atomic E-state index is 1.08. The van der Waals surface area contributed by atoms with Gasteiger partial charge < -0.3 is 0 Å².